The highest BCUT2D eigenvalue weighted by Crippen LogP contribution is 2.25. The van der Waals surface area contributed by atoms with Crippen LogP contribution in [-0.2, 0) is 0 Å². The van der Waals surface area contributed by atoms with E-state index >= 15 is 0 Å². The minimum Gasteiger partial charge on any atom is -0.476 e. The third-order valence-corrected chi connectivity index (χ3v) is 2.24. The molecule has 0 radical (unpaired) electrons. The lowest BCUT2D eigenvalue weighted by Crippen LogP contribution is -2.07. The van der Waals surface area contributed by atoms with Gasteiger partial charge in [-0.25, -0.2) is 4.79 Å². The number of hydrogen-bond acceptors (Lipinski definition) is 4. The van der Waals surface area contributed by atoms with Crippen molar-refractivity contribution in [3.05, 3.63) is 45.9 Å². The Kier molecular flexibility index (Phi) is 2.92. The highest BCUT2D eigenvalue weighted by atomic mass is 35.5. The van der Waals surface area contributed by atoms with Crippen molar-refractivity contribution in [1.29, 1.82) is 0 Å². The summed E-state index contributed by atoms with van der Waals surface area (Å²) < 4.78 is 9.76. The number of benzene rings is 1. The summed E-state index contributed by atoms with van der Waals surface area (Å²) >= 11 is 5.89. The van der Waals surface area contributed by atoms with Gasteiger partial charge in [0, 0.05) is 5.56 Å². The number of hydrogen-bond donors (Lipinski definition) is 0. The Morgan fingerprint density at radius 1 is 1.31 bits per heavy atom. The molecule has 1 heterocycles. The van der Waals surface area contributed by atoms with E-state index in [1.807, 2.05) is 18.2 Å². The van der Waals surface area contributed by atoms with Crippen LogP contribution in [-0.4, -0.2) is 12.1 Å². The van der Waals surface area contributed by atoms with Crippen LogP contribution in [0, 0.1) is 0 Å². The molecule has 0 bridgehead atoms. The predicted octanol–water partition coefficient (Wildman–Crippen LogP) is 2.36. The number of aromatic nitrogens is 1. The molecule has 0 aliphatic carbocycles. The monoisotopic (exact) mass is 237 g/mol. The maximum atomic E-state index is 11.4. The molecular formula is C11H8ClNO3. The van der Waals surface area contributed by atoms with Gasteiger partial charge in [0.25, 0.3) is 0 Å². The Balaban J connectivity index is 2.60. The van der Waals surface area contributed by atoms with Gasteiger partial charge in [0.05, 0.1) is 7.11 Å². The highest BCUT2D eigenvalue weighted by molar-refractivity contribution is 6.31. The first-order valence-electron chi connectivity index (χ1n) is 4.52. The molecule has 16 heavy (non-hydrogen) atoms. The molecule has 0 saturated carbocycles. The highest BCUT2D eigenvalue weighted by Gasteiger charge is 2.13. The molecule has 0 unspecified atom stereocenters. The average Bonchev–Trinajstić information content (AvgIpc) is 2.32. The number of nitrogens with zero attached hydrogens (tertiary/aromatic N) is 1. The van der Waals surface area contributed by atoms with Crippen LogP contribution in [0.5, 0.6) is 5.88 Å². The van der Waals surface area contributed by atoms with Gasteiger partial charge in [-0.15, -0.1) is 0 Å². The quantitative estimate of drug-likeness (QED) is 0.805. The van der Waals surface area contributed by atoms with Crippen molar-refractivity contribution in [2.75, 3.05) is 7.11 Å². The molecule has 0 aliphatic heterocycles. The first-order valence-corrected chi connectivity index (χ1v) is 4.90. The molecule has 1 aromatic carbocycles. The summed E-state index contributed by atoms with van der Waals surface area (Å²) in [4.78, 5) is 15.2. The first-order chi connectivity index (χ1) is 7.72. The Labute approximate surface area is 96.5 Å². The van der Waals surface area contributed by atoms with E-state index in [9.17, 15) is 4.79 Å². The van der Waals surface area contributed by atoms with Gasteiger partial charge in [-0.1, -0.05) is 41.9 Å². The number of halogens is 1. The van der Waals surface area contributed by atoms with Crippen LogP contribution in [0.15, 0.2) is 39.5 Å². The van der Waals surface area contributed by atoms with E-state index in [0.29, 0.717) is 5.56 Å². The molecule has 0 atom stereocenters. The van der Waals surface area contributed by atoms with Gasteiger partial charge in [0.1, 0.15) is 0 Å². The van der Waals surface area contributed by atoms with Crippen molar-refractivity contribution in [3.8, 4) is 17.2 Å². The van der Waals surface area contributed by atoms with E-state index < -0.39 is 5.63 Å². The van der Waals surface area contributed by atoms with E-state index in [0.717, 1.165) is 0 Å². The van der Waals surface area contributed by atoms with Gasteiger partial charge in [0.2, 0.25) is 0 Å². The van der Waals surface area contributed by atoms with Gasteiger partial charge < -0.3 is 9.15 Å². The fraction of sp³-hybridized carbons (Fsp3) is 0.0909. The molecule has 4 nitrogen and oxygen atoms in total. The molecule has 82 valence electrons. The second-order valence-corrected chi connectivity index (χ2v) is 3.35. The van der Waals surface area contributed by atoms with Crippen LogP contribution in [0.25, 0.3) is 11.3 Å². The second-order valence-electron chi connectivity index (χ2n) is 3.00. The minimum absolute atomic E-state index is 0.0997. The minimum atomic E-state index is -0.647. The number of methoxy groups -OCH3 is 1. The van der Waals surface area contributed by atoms with Crippen molar-refractivity contribution < 1.29 is 9.15 Å². The van der Waals surface area contributed by atoms with Gasteiger partial charge in [-0.3, -0.25) is 0 Å². The van der Waals surface area contributed by atoms with Crippen molar-refractivity contribution >= 4 is 11.6 Å². The molecule has 2 aromatic rings. The zero-order valence-electron chi connectivity index (χ0n) is 8.44. The SMILES string of the molecule is COc1nc(Cl)c(-c2ccccc2)oc1=O. The van der Waals surface area contributed by atoms with Crippen LogP contribution in [0.3, 0.4) is 0 Å². The summed E-state index contributed by atoms with van der Waals surface area (Å²) in [7, 11) is 1.33. The van der Waals surface area contributed by atoms with Crippen LogP contribution in [0.1, 0.15) is 0 Å². The van der Waals surface area contributed by atoms with Crippen LogP contribution in [0.2, 0.25) is 5.15 Å². The standard InChI is InChI=1S/C11H8ClNO3/c1-15-10-11(14)16-8(9(12)13-10)7-5-3-2-4-6-7/h2-6H,1H3. The number of rotatable bonds is 2. The molecule has 0 N–H and O–H groups in total. The lowest BCUT2D eigenvalue weighted by molar-refractivity contribution is 0.360. The lowest BCUT2D eigenvalue weighted by atomic mass is 10.2. The van der Waals surface area contributed by atoms with E-state index in [1.54, 1.807) is 12.1 Å². The normalized spacial score (nSPS) is 10.1. The molecule has 0 saturated heterocycles. The van der Waals surface area contributed by atoms with E-state index in [2.05, 4.69) is 4.98 Å². The zero-order valence-corrected chi connectivity index (χ0v) is 9.19. The summed E-state index contributed by atoms with van der Waals surface area (Å²) in [5.41, 5.74) is 0.0468. The Morgan fingerprint density at radius 2 is 2.00 bits per heavy atom. The van der Waals surface area contributed by atoms with Crippen LogP contribution < -0.4 is 10.4 Å². The first kappa shape index (κ1) is 10.7. The third-order valence-electron chi connectivity index (χ3n) is 1.99. The zero-order chi connectivity index (χ0) is 11.5. The molecule has 0 spiro atoms. The molecule has 0 amide bonds. The average molecular weight is 238 g/mol. The third kappa shape index (κ3) is 1.92. The van der Waals surface area contributed by atoms with Crippen molar-refractivity contribution in [1.82, 2.24) is 4.98 Å². The van der Waals surface area contributed by atoms with E-state index in [4.69, 9.17) is 20.8 Å². The summed E-state index contributed by atoms with van der Waals surface area (Å²) in [5, 5.41) is 0.0997. The van der Waals surface area contributed by atoms with E-state index in [-0.39, 0.29) is 16.8 Å². The fourth-order valence-electron chi connectivity index (χ4n) is 1.26. The summed E-state index contributed by atoms with van der Waals surface area (Å²) in [6.07, 6.45) is 0. The number of ether oxygens (including phenoxy) is 1. The Bertz CT molecular complexity index is 551. The van der Waals surface area contributed by atoms with Crippen molar-refractivity contribution in [3.63, 3.8) is 0 Å². The molecule has 2 rings (SSSR count). The maximum Gasteiger partial charge on any atom is 0.399 e. The molecule has 1 aromatic heterocycles. The molecule has 0 fully saturated rings. The smallest absolute Gasteiger partial charge is 0.399 e. The van der Waals surface area contributed by atoms with Gasteiger partial charge in [-0.05, 0) is 0 Å². The molecule has 5 heteroatoms. The Hall–Kier alpha value is -1.81. The van der Waals surface area contributed by atoms with Crippen LogP contribution >= 0.6 is 11.6 Å². The lowest BCUT2D eigenvalue weighted by Gasteiger charge is -2.03. The Morgan fingerprint density at radius 3 is 2.62 bits per heavy atom. The molecular weight excluding hydrogens is 230 g/mol. The topological polar surface area (TPSA) is 52.3 Å². The summed E-state index contributed by atoms with van der Waals surface area (Å²) in [6, 6.07) is 9.04. The van der Waals surface area contributed by atoms with E-state index in [1.165, 1.54) is 7.11 Å². The van der Waals surface area contributed by atoms with Gasteiger partial charge in [-0.2, -0.15) is 4.98 Å². The molecule has 0 aliphatic rings. The summed E-state index contributed by atoms with van der Waals surface area (Å²) in [5.74, 6) is 0.0951. The largest absolute Gasteiger partial charge is 0.476 e. The fourth-order valence-corrected chi connectivity index (χ4v) is 1.49. The van der Waals surface area contributed by atoms with Gasteiger partial charge in [0.15, 0.2) is 10.9 Å². The maximum absolute atomic E-state index is 11.4. The summed E-state index contributed by atoms with van der Waals surface area (Å²) in [6.45, 7) is 0. The van der Waals surface area contributed by atoms with Gasteiger partial charge >= 0.3 is 11.5 Å². The van der Waals surface area contributed by atoms with Crippen molar-refractivity contribution in [2.24, 2.45) is 0 Å². The van der Waals surface area contributed by atoms with Crippen molar-refractivity contribution in [2.45, 2.75) is 0 Å². The van der Waals surface area contributed by atoms with Crippen LogP contribution in [0.4, 0.5) is 0 Å². The second kappa shape index (κ2) is 4.37. The predicted molar refractivity (Wildman–Crippen MR) is 59.8 cm³/mol.